The normalized spacial score (nSPS) is 40.7. The summed E-state index contributed by atoms with van der Waals surface area (Å²) in [5, 5.41) is -0.480. The van der Waals surface area contributed by atoms with Crippen LogP contribution in [0, 0.1) is 5.92 Å². The van der Waals surface area contributed by atoms with Crippen molar-refractivity contribution in [2.75, 3.05) is 0 Å². The van der Waals surface area contributed by atoms with Gasteiger partial charge in [0.05, 0.1) is 10.3 Å². The second kappa shape index (κ2) is 5.50. The predicted octanol–water partition coefficient (Wildman–Crippen LogP) is 6.29. The summed E-state index contributed by atoms with van der Waals surface area (Å²) in [4.78, 5) is -0.786. The Hall–Kier alpha value is 1.74. The third-order valence-electron chi connectivity index (χ3n) is 4.35. The number of hydrogen-bond acceptors (Lipinski definition) is 0. The molecule has 0 amide bonds. The van der Waals surface area contributed by atoms with E-state index in [9.17, 15) is 0 Å². The lowest BCUT2D eigenvalue weighted by atomic mass is 9.71. The molecule has 2 rings (SSSR count). The van der Waals surface area contributed by atoms with E-state index in [1.807, 2.05) is 0 Å². The first-order valence-corrected chi connectivity index (χ1v) is 8.65. The van der Waals surface area contributed by atoms with Crippen LogP contribution in [-0.4, -0.2) is 18.9 Å². The van der Waals surface area contributed by atoms with Crippen LogP contribution in [0.25, 0.3) is 0 Å². The molecule has 2 fully saturated rings. The number of rotatable bonds is 1. The molecule has 106 valence electrons. The summed E-state index contributed by atoms with van der Waals surface area (Å²) in [6, 6.07) is 0. The Morgan fingerprint density at radius 3 is 1.89 bits per heavy atom. The zero-order chi connectivity index (χ0) is 13.6. The van der Waals surface area contributed by atoms with Crippen molar-refractivity contribution < 1.29 is 0 Å². The van der Waals surface area contributed by atoms with Gasteiger partial charge in [-0.25, -0.2) is 0 Å². The molecule has 0 aromatic rings. The van der Waals surface area contributed by atoms with Gasteiger partial charge < -0.3 is 0 Å². The maximum Gasteiger partial charge on any atom is 0.171 e. The van der Waals surface area contributed by atoms with Crippen molar-refractivity contribution in [1.29, 1.82) is 0 Å². The Bertz CT molecular complexity index is 310. The molecule has 0 heterocycles. The number of hydrogen-bond donors (Lipinski definition) is 0. The molecule has 0 aromatic heterocycles. The van der Waals surface area contributed by atoms with E-state index in [-0.39, 0.29) is 5.92 Å². The molecule has 2 aliphatic rings. The van der Waals surface area contributed by atoms with Gasteiger partial charge in [-0.3, -0.25) is 0 Å². The third-order valence-corrected chi connectivity index (χ3v) is 8.84. The van der Waals surface area contributed by atoms with E-state index in [0.29, 0.717) is 12.8 Å². The van der Waals surface area contributed by atoms with Crippen molar-refractivity contribution in [3.05, 3.63) is 0 Å². The van der Waals surface area contributed by atoms with Gasteiger partial charge >= 0.3 is 0 Å². The SMILES string of the molecule is ClC1CCC(Cl)(C2CCCCC2)C(Cl)(Cl)C1(Cl)Cl. The van der Waals surface area contributed by atoms with Gasteiger partial charge in [0.25, 0.3) is 0 Å². The lowest BCUT2D eigenvalue weighted by Crippen LogP contribution is -2.63. The Balaban J connectivity index is 2.31. The Morgan fingerprint density at radius 2 is 1.33 bits per heavy atom. The number of halogens is 6. The molecule has 2 aliphatic carbocycles. The second-order valence-electron chi connectivity index (χ2n) is 5.40. The molecular weight excluding hydrogens is 357 g/mol. The Labute approximate surface area is 139 Å². The molecule has 18 heavy (non-hydrogen) atoms. The summed E-state index contributed by atoms with van der Waals surface area (Å²) >= 11 is 38.5. The fraction of sp³-hybridized carbons (Fsp3) is 1.00. The highest BCUT2D eigenvalue weighted by Crippen LogP contribution is 2.64. The molecule has 2 unspecified atom stereocenters. The molecule has 0 saturated heterocycles. The van der Waals surface area contributed by atoms with Crippen LogP contribution in [0.4, 0.5) is 0 Å². The van der Waals surface area contributed by atoms with E-state index in [1.165, 1.54) is 6.42 Å². The van der Waals surface area contributed by atoms with E-state index in [2.05, 4.69) is 0 Å². The maximum absolute atomic E-state index is 6.80. The fourth-order valence-electron chi connectivity index (χ4n) is 3.17. The monoisotopic (exact) mass is 370 g/mol. The van der Waals surface area contributed by atoms with E-state index in [1.54, 1.807) is 0 Å². The number of alkyl halides is 6. The quantitative estimate of drug-likeness (QED) is 0.474. The molecule has 0 N–H and O–H groups in total. The van der Waals surface area contributed by atoms with Gasteiger partial charge in [-0.2, -0.15) is 0 Å². The smallest absolute Gasteiger partial charge is 0.120 e. The Kier molecular flexibility index (Phi) is 4.93. The molecule has 0 nitrogen and oxygen atoms in total. The molecule has 0 aliphatic heterocycles. The fourth-order valence-corrected chi connectivity index (χ4v) is 5.44. The first-order valence-electron chi connectivity index (χ1n) is 6.32. The summed E-state index contributed by atoms with van der Waals surface area (Å²) in [5.41, 5.74) is 0. The van der Waals surface area contributed by atoms with Crippen molar-refractivity contribution in [1.82, 2.24) is 0 Å². The van der Waals surface area contributed by atoms with E-state index >= 15 is 0 Å². The van der Waals surface area contributed by atoms with Crippen molar-refractivity contribution in [2.45, 2.75) is 63.9 Å². The molecule has 6 heteroatoms. The zero-order valence-electron chi connectivity index (χ0n) is 9.87. The van der Waals surface area contributed by atoms with Crippen molar-refractivity contribution in [3.63, 3.8) is 0 Å². The molecule has 0 spiro atoms. The van der Waals surface area contributed by atoms with Gasteiger partial charge in [-0.1, -0.05) is 65.7 Å². The van der Waals surface area contributed by atoms with Gasteiger partial charge in [-0.05, 0) is 31.6 Å². The minimum Gasteiger partial charge on any atom is -0.120 e. The van der Waals surface area contributed by atoms with Crippen molar-refractivity contribution in [3.8, 4) is 0 Å². The average Bonchev–Trinajstić information content (AvgIpc) is 2.34. The average molecular weight is 373 g/mol. The summed E-state index contributed by atoms with van der Waals surface area (Å²) in [6.45, 7) is 0. The first-order chi connectivity index (χ1) is 8.23. The highest BCUT2D eigenvalue weighted by molar-refractivity contribution is 6.67. The van der Waals surface area contributed by atoms with Crippen LogP contribution < -0.4 is 0 Å². The highest BCUT2D eigenvalue weighted by atomic mass is 35.5. The Morgan fingerprint density at radius 1 is 0.778 bits per heavy atom. The van der Waals surface area contributed by atoms with E-state index in [4.69, 9.17) is 69.6 Å². The summed E-state index contributed by atoms with van der Waals surface area (Å²) in [6.07, 6.45) is 6.90. The minimum atomic E-state index is -1.43. The minimum absolute atomic E-state index is 0.254. The predicted molar refractivity (Wildman–Crippen MR) is 82.9 cm³/mol. The summed E-state index contributed by atoms with van der Waals surface area (Å²) < 4.78 is -2.85. The van der Waals surface area contributed by atoms with Crippen molar-refractivity contribution >= 4 is 69.6 Å². The van der Waals surface area contributed by atoms with Gasteiger partial charge in [0.2, 0.25) is 0 Å². The highest BCUT2D eigenvalue weighted by Gasteiger charge is 2.67. The molecular formula is C12H16Cl6. The van der Waals surface area contributed by atoms with Crippen LogP contribution in [0.1, 0.15) is 44.9 Å². The standard InChI is InChI=1S/C12H16Cl6/c13-9-6-7-10(14,8-4-2-1-3-5-8)12(17,18)11(9,15)16/h8-9H,1-7H2. The van der Waals surface area contributed by atoms with Gasteiger partial charge in [0.15, 0.2) is 8.67 Å². The lowest BCUT2D eigenvalue weighted by molar-refractivity contribution is 0.206. The van der Waals surface area contributed by atoms with Crippen molar-refractivity contribution in [2.24, 2.45) is 5.92 Å². The molecule has 2 atom stereocenters. The largest absolute Gasteiger partial charge is 0.171 e. The van der Waals surface area contributed by atoms with Gasteiger partial charge in [0.1, 0.15) is 0 Å². The summed E-state index contributed by atoms with van der Waals surface area (Å²) in [5.74, 6) is 0.254. The maximum atomic E-state index is 6.80. The van der Waals surface area contributed by atoms with Crippen LogP contribution in [0.3, 0.4) is 0 Å². The van der Waals surface area contributed by atoms with Gasteiger partial charge in [0, 0.05) is 0 Å². The second-order valence-corrected chi connectivity index (χ2v) is 9.32. The third kappa shape index (κ3) is 2.38. The van der Waals surface area contributed by atoms with Crippen LogP contribution in [0.5, 0.6) is 0 Å². The topological polar surface area (TPSA) is 0 Å². The van der Waals surface area contributed by atoms with E-state index < -0.39 is 18.9 Å². The first kappa shape index (κ1) is 16.1. The molecule has 0 aromatic carbocycles. The molecule has 0 radical (unpaired) electrons. The van der Waals surface area contributed by atoms with Crippen LogP contribution in [0.15, 0.2) is 0 Å². The summed E-state index contributed by atoms with van der Waals surface area (Å²) in [7, 11) is 0. The molecule has 2 saturated carbocycles. The zero-order valence-corrected chi connectivity index (χ0v) is 14.4. The molecule has 0 bridgehead atoms. The van der Waals surface area contributed by atoms with Crippen LogP contribution >= 0.6 is 69.6 Å². The van der Waals surface area contributed by atoms with Crippen LogP contribution in [-0.2, 0) is 0 Å². The van der Waals surface area contributed by atoms with Crippen LogP contribution in [0.2, 0.25) is 0 Å². The van der Waals surface area contributed by atoms with E-state index in [0.717, 1.165) is 25.7 Å². The lowest BCUT2D eigenvalue weighted by Gasteiger charge is -2.54. The van der Waals surface area contributed by atoms with Gasteiger partial charge in [-0.15, -0.1) is 23.2 Å².